The highest BCUT2D eigenvalue weighted by Crippen LogP contribution is 2.33. The fourth-order valence-electron chi connectivity index (χ4n) is 2.38. The second kappa shape index (κ2) is 10.6. The number of hydrogen-bond acceptors (Lipinski definition) is 0. The van der Waals surface area contributed by atoms with Crippen molar-refractivity contribution in [2.24, 2.45) is 0 Å². The van der Waals surface area contributed by atoms with Gasteiger partial charge >= 0.3 is 0 Å². The number of benzene rings is 2. The van der Waals surface area contributed by atoms with Crippen LogP contribution in [0.3, 0.4) is 0 Å². The van der Waals surface area contributed by atoms with Crippen molar-refractivity contribution in [2.45, 2.75) is 56.7 Å². The zero-order chi connectivity index (χ0) is 18.2. The molecule has 2 aromatic rings. The van der Waals surface area contributed by atoms with Gasteiger partial charge in [0, 0.05) is 14.7 Å². The molecule has 0 aliphatic rings. The molecule has 24 heavy (non-hydrogen) atoms. The van der Waals surface area contributed by atoms with Gasteiger partial charge in [0.1, 0.15) is 0 Å². The highest BCUT2D eigenvalue weighted by molar-refractivity contribution is 9.10. The van der Waals surface area contributed by atoms with E-state index in [2.05, 4.69) is 102 Å². The van der Waals surface area contributed by atoms with Crippen LogP contribution in [0.25, 0.3) is 0 Å². The Balaban J connectivity index is 0.000000243. The lowest BCUT2D eigenvalue weighted by Crippen LogP contribution is -2.10. The molecular weight excluding hydrogens is 447 g/mol. The van der Waals surface area contributed by atoms with Crippen molar-refractivity contribution in [2.75, 3.05) is 0 Å². The summed E-state index contributed by atoms with van der Waals surface area (Å²) in [5.74, 6) is 1.20. The van der Waals surface area contributed by atoms with Gasteiger partial charge < -0.3 is 0 Å². The summed E-state index contributed by atoms with van der Waals surface area (Å²) in [4.78, 5) is 0. The van der Waals surface area contributed by atoms with Gasteiger partial charge in [-0.25, -0.2) is 0 Å². The highest BCUT2D eigenvalue weighted by atomic mass is 79.9. The Labute approximate surface area is 169 Å². The first-order valence-electron chi connectivity index (χ1n) is 8.44. The Morgan fingerprint density at radius 2 is 1.71 bits per heavy atom. The zero-order valence-electron chi connectivity index (χ0n) is 15.0. The van der Waals surface area contributed by atoms with Crippen molar-refractivity contribution in [1.82, 2.24) is 0 Å². The summed E-state index contributed by atoms with van der Waals surface area (Å²) in [5, 5.41) is 0. The van der Waals surface area contributed by atoms with Crippen LogP contribution in [0.1, 0.15) is 63.1 Å². The average Bonchev–Trinajstić information content (AvgIpc) is 2.62. The number of alkyl halides is 2. The van der Waals surface area contributed by atoms with Gasteiger partial charge in [0.2, 0.25) is 0 Å². The molecule has 0 fully saturated rings. The van der Waals surface area contributed by atoms with Crippen molar-refractivity contribution in [3.05, 3.63) is 69.7 Å². The number of rotatable bonds is 5. The van der Waals surface area contributed by atoms with Crippen LogP contribution in [0.5, 0.6) is 0 Å². The molecule has 132 valence electrons. The minimum Gasteiger partial charge on any atom is -0.122 e. The Bertz CT molecular complexity index is 608. The third kappa shape index (κ3) is 6.54. The lowest BCUT2D eigenvalue weighted by molar-refractivity contribution is 0.681. The van der Waals surface area contributed by atoms with Gasteiger partial charge in [0.25, 0.3) is 0 Å². The van der Waals surface area contributed by atoms with E-state index < -0.39 is 0 Å². The van der Waals surface area contributed by atoms with E-state index in [0.29, 0.717) is 11.8 Å². The molecule has 0 radical (unpaired) electrons. The van der Waals surface area contributed by atoms with Crippen LogP contribution in [0.15, 0.2) is 53.0 Å². The van der Waals surface area contributed by atoms with Crippen molar-refractivity contribution in [1.29, 1.82) is 0 Å². The van der Waals surface area contributed by atoms with Gasteiger partial charge in [0.05, 0.1) is 0 Å². The van der Waals surface area contributed by atoms with E-state index >= 15 is 0 Å². The molecule has 2 aromatic carbocycles. The van der Waals surface area contributed by atoms with Gasteiger partial charge in [-0.15, -0.1) is 11.6 Å². The summed E-state index contributed by atoms with van der Waals surface area (Å²) in [5.41, 5.74) is 3.97. The summed E-state index contributed by atoms with van der Waals surface area (Å²) in [6.07, 6.45) is 2.27. The molecule has 0 aromatic heterocycles. The smallest absolute Gasteiger partial charge is 0.0477 e. The molecule has 0 aliphatic carbocycles. The molecule has 0 N–H and O–H groups in total. The maximum Gasteiger partial charge on any atom is 0.0477 e. The van der Waals surface area contributed by atoms with Gasteiger partial charge in [-0.3, -0.25) is 0 Å². The van der Waals surface area contributed by atoms with Crippen molar-refractivity contribution in [3.63, 3.8) is 0 Å². The molecule has 0 spiro atoms. The molecule has 2 unspecified atom stereocenters. The molecule has 0 amide bonds. The Morgan fingerprint density at radius 1 is 1.08 bits per heavy atom. The molecular formula is C21H27Br2Cl. The van der Waals surface area contributed by atoms with E-state index in [1.807, 2.05) is 6.07 Å². The normalized spacial score (nSPS) is 14.3. The molecule has 0 bridgehead atoms. The van der Waals surface area contributed by atoms with E-state index in [4.69, 9.17) is 11.6 Å². The molecule has 2 atom stereocenters. The average molecular weight is 475 g/mol. The predicted molar refractivity (Wildman–Crippen MR) is 115 cm³/mol. The van der Waals surface area contributed by atoms with E-state index in [-0.39, 0.29) is 4.32 Å². The standard InChI is InChI=1S/C11H14BrCl.C10H13Br/c1-3-8(2)11-5-4-10(12)6-9(11)7-13;1-3-10(2,11)9-7-5-4-6-8-9/h4-6,8H,3,7H2,1-2H3;4-8H,3H2,1-2H3. The Kier molecular flexibility index (Phi) is 9.63. The fourth-order valence-corrected chi connectivity index (χ4v) is 3.28. The maximum atomic E-state index is 5.88. The largest absolute Gasteiger partial charge is 0.122 e. The van der Waals surface area contributed by atoms with E-state index in [1.54, 1.807) is 0 Å². The van der Waals surface area contributed by atoms with Crippen LogP contribution in [-0.2, 0) is 10.2 Å². The molecule has 0 saturated heterocycles. The summed E-state index contributed by atoms with van der Waals surface area (Å²) in [7, 11) is 0. The number of hydrogen-bond donors (Lipinski definition) is 0. The van der Waals surface area contributed by atoms with E-state index in [0.717, 1.165) is 17.3 Å². The first-order valence-corrected chi connectivity index (χ1v) is 10.6. The zero-order valence-corrected chi connectivity index (χ0v) is 18.9. The predicted octanol–water partition coefficient (Wildman–Crippen LogP) is 8.41. The minimum absolute atomic E-state index is 0.147. The molecule has 0 saturated carbocycles. The Hall–Kier alpha value is -0.310. The fraction of sp³-hybridized carbons (Fsp3) is 0.429. The minimum atomic E-state index is 0.147. The van der Waals surface area contributed by atoms with Crippen LogP contribution >= 0.6 is 43.5 Å². The molecule has 2 rings (SSSR count). The first-order chi connectivity index (χ1) is 11.4. The molecule has 0 aliphatic heterocycles. The quantitative estimate of drug-likeness (QED) is 0.382. The lowest BCUT2D eigenvalue weighted by atomic mass is 9.94. The van der Waals surface area contributed by atoms with Crippen LogP contribution in [0.2, 0.25) is 0 Å². The van der Waals surface area contributed by atoms with Crippen LogP contribution < -0.4 is 0 Å². The van der Waals surface area contributed by atoms with Crippen molar-refractivity contribution >= 4 is 43.5 Å². The van der Waals surface area contributed by atoms with Crippen molar-refractivity contribution in [3.8, 4) is 0 Å². The van der Waals surface area contributed by atoms with Crippen LogP contribution in [-0.4, -0.2) is 0 Å². The Morgan fingerprint density at radius 3 is 2.21 bits per heavy atom. The second-order valence-electron chi connectivity index (χ2n) is 6.20. The molecule has 3 heteroatoms. The second-order valence-corrected chi connectivity index (χ2v) is 9.14. The van der Waals surface area contributed by atoms with Crippen LogP contribution in [0, 0.1) is 0 Å². The topological polar surface area (TPSA) is 0 Å². The van der Waals surface area contributed by atoms with Crippen LogP contribution in [0.4, 0.5) is 0 Å². The molecule has 0 nitrogen and oxygen atoms in total. The summed E-state index contributed by atoms with van der Waals surface area (Å²) in [6, 6.07) is 16.8. The lowest BCUT2D eigenvalue weighted by Gasteiger charge is -2.20. The van der Waals surface area contributed by atoms with E-state index in [1.165, 1.54) is 16.7 Å². The van der Waals surface area contributed by atoms with Gasteiger partial charge in [-0.05, 0) is 54.5 Å². The van der Waals surface area contributed by atoms with Gasteiger partial charge in [-0.2, -0.15) is 0 Å². The van der Waals surface area contributed by atoms with Gasteiger partial charge in [0.15, 0.2) is 0 Å². The monoisotopic (exact) mass is 472 g/mol. The first kappa shape index (κ1) is 21.7. The highest BCUT2D eigenvalue weighted by Gasteiger charge is 2.18. The number of halogens is 3. The summed E-state index contributed by atoms with van der Waals surface area (Å²) >= 11 is 13.0. The molecule has 0 heterocycles. The van der Waals surface area contributed by atoms with Crippen molar-refractivity contribution < 1.29 is 0 Å². The summed E-state index contributed by atoms with van der Waals surface area (Å²) in [6.45, 7) is 8.81. The van der Waals surface area contributed by atoms with E-state index in [9.17, 15) is 0 Å². The SMILES string of the molecule is CCC(C)(Br)c1ccccc1.CCC(C)c1ccc(Br)cc1CCl. The summed E-state index contributed by atoms with van der Waals surface area (Å²) < 4.78 is 1.25. The third-order valence-electron chi connectivity index (χ3n) is 4.43. The third-order valence-corrected chi connectivity index (χ3v) is 6.23. The maximum absolute atomic E-state index is 5.88. The van der Waals surface area contributed by atoms with Gasteiger partial charge in [-0.1, -0.05) is 89.0 Å².